The molecule has 4 rings (SSSR count). The van der Waals surface area contributed by atoms with Crippen LogP contribution >= 0.6 is 0 Å². The fraction of sp³-hybridized carbons (Fsp3) is 0.364. The molecule has 0 fully saturated rings. The van der Waals surface area contributed by atoms with Crippen molar-refractivity contribution < 1.29 is 17.9 Å². The Labute approximate surface area is 244 Å². The summed E-state index contributed by atoms with van der Waals surface area (Å²) in [5, 5.41) is 2.10. The lowest BCUT2D eigenvalue weighted by atomic mass is 9.95. The number of carbonyl (C=O) groups excluding carboxylic acids is 1. The molecule has 0 amide bonds. The van der Waals surface area contributed by atoms with Gasteiger partial charge in [0.1, 0.15) is 0 Å². The largest absolute Gasteiger partial charge is 0.463 e. The topological polar surface area (TPSA) is 87.7 Å². The van der Waals surface area contributed by atoms with E-state index in [1.807, 2.05) is 82.3 Å². The first-order chi connectivity index (χ1) is 19.5. The Balaban J connectivity index is 1.64. The minimum Gasteiger partial charge on any atom is -0.463 e. The second-order valence-electron chi connectivity index (χ2n) is 11.3. The van der Waals surface area contributed by atoms with Crippen molar-refractivity contribution in [3.05, 3.63) is 101 Å². The van der Waals surface area contributed by atoms with Crippen LogP contribution in [-0.2, 0) is 32.4 Å². The molecule has 0 aliphatic carbocycles. The summed E-state index contributed by atoms with van der Waals surface area (Å²) in [5.41, 5.74) is 8.19. The molecule has 3 aromatic carbocycles. The molecule has 218 valence electrons. The van der Waals surface area contributed by atoms with Gasteiger partial charge in [-0.05, 0) is 63.3 Å². The number of hydrogen-bond donors (Lipinski definition) is 2. The molecule has 1 unspecified atom stereocenters. The molecule has 1 aliphatic rings. The Morgan fingerprint density at radius 2 is 1.59 bits per heavy atom. The lowest BCUT2D eigenvalue weighted by Crippen LogP contribution is -2.40. The van der Waals surface area contributed by atoms with Gasteiger partial charge >= 0.3 is 5.97 Å². The van der Waals surface area contributed by atoms with Gasteiger partial charge in [-0.15, -0.1) is 0 Å². The third kappa shape index (κ3) is 7.64. The highest BCUT2D eigenvalue weighted by Gasteiger charge is 2.36. The van der Waals surface area contributed by atoms with Gasteiger partial charge in [-0.1, -0.05) is 79.7 Å². The van der Waals surface area contributed by atoms with Crippen molar-refractivity contribution in [3.63, 3.8) is 0 Å². The van der Waals surface area contributed by atoms with E-state index in [4.69, 9.17) is 4.74 Å². The van der Waals surface area contributed by atoms with Gasteiger partial charge in [0.05, 0.1) is 23.1 Å². The fourth-order valence-electron chi connectivity index (χ4n) is 5.15. The summed E-state index contributed by atoms with van der Waals surface area (Å²) in [4.78, 5) is 13.5. The predicted molar refractivity (Wildman–Crippen MR) is 163 cm³/mol. The molecule has 2 N–H and O–H groups in total. The average molecular weight is 576 g/mol. The molecule has 41 heavy (non-hydrogen) atoms. The molecular formula is C33H41N3O4S. The Morgan fingerprint density at radius 1 is 0.927 bits per heavy atom. The fourth-order valence-corrected chi connectivity index (χ4v) is 6.80. The Bertz CT molecular complexity index is 1480. The summed E-state index contributed by atoms with van der Waals surface area (Å²) >= 11 is 0. The third-order valence-electron chi connectivity index (χ3n) is 6.78. The maximum Gasteiger partial charge on any atom is 0.337 e. The molecule has 0 aromatic heterocycles. The van der Waals surface area contributed by atoms with Crippen LogP contribution in [0.4, 0.5) is 0 Å². The van der Waals surface area contributed by atoms with Crippen LogP contribution in [0.1, 0.15) is 52.2 Å². The summed E-state index contributed by atoms with van der Waals surface area (Å²) in [7, 11) is -3.71. The number of allylic oxidation sites excluding steroid dienone is 1. The number of nitrogens with zero attached hydrogens (tertiary/aromatic N) is 1. The molecule has 7 nitrogen and oxygen atoms in total. The first kappa shape index (κ1) is 30.5. The van der Waals surface area contributed by atoms with Gasteiger partial charge in [-0.25, -0.2) is 23.4 Å². The van der Waals surface area contributed by atoms with Crippen LogP contribution in [0.5, 0.6) is 0 Å². The SMILES string of the molecule is CCCN1NC(Cc2ccc(-c3ccccc3S(=O)(=O)NC(C)(C)C)cc2)C(C(=O)OCC)=C1Cc1ccccc1. The second-order valence-corrected chi connectivity index (χ2v) is 13.0. The molecular weight excluding hydrogens is 534 g/mol. The van der Waals surface area contributed by atoms with E-state index in [0.717, 1.165) is 35.4 Å². The van der Waals surface area contributed by atoms with E-state index >= 15 is 0 Å². The van der Waals surface area contributed by atoms with E-state index in [1.165, 1.54) is 0 Å². The van der Waals surface area contributed by atoms with E-state index in [2.05, 4.69) is 34.2 Å². The quantitative estimate of drug-likeness (QED) is 0.288. The maximum absolute atomic E-state index is 13.3. The van der Waals surface area contributed by atoms with Gasteiger partial charge in [0.25, 0.3) is 0 Å². The molecule has 0 saturated carbocycles. The Morgan fingerprint density at radius 3 is 2.22 bits per heavy atom. The average Bonchev–Trinajstić information content (AvgIpc) is 3.25. The number of benzene rings is 3. The zero-order valence-corrected chi connectivity index (χ0v) is 25.4. The molecule has 1 heterocycles. The van der Waals surface area contributed by atoms with Gasteiger partial charge in [0, 0.05) is 29.8 Å². The van der Waals surface area contributed by atoms with Gasteiger partial charge in [-0.2, -0.15) is 0 Å². The van der Waals surface area contributed by atoms with E-state index in [9.17, 15) is 13.2 Å². The number of esters is 1. The van der Waals surface area contributed by atoms with Crippen LogP contribution in [-0.4, -0.2) is 44.1 Å². The van der Waals surface area contributed by atoms with Crippen LogP contribution < -0.4 is 10.1 Å². The first-order valence-electron chi connectivity index (χ1n) is 14.2. The zero-order valence-electron chi connectivity index (χ0n) is 24.6. The number of sulfonamides is 1. The van der Waals surface area contributed by atoms with Gasteiger partial charge < -0.3 is 9.75 Å². The number of carbonyl (C=O) groups is 1. The Kier molecular flexibility index (Phi) is 9.68. The van der Waals surface area contributed by atoms with Gasteiger partial charge in [-0.3, -0.25) is 0 Å². The van der Waals surface area contributed by atoms with Crippen molar-refractivity contribution in [1.82, 2.24) is 15.2 Å². The highest BCUT2D eigenvalue weighted by atomic mass is 32.2. The molecule has 0 bridgehead atoms. The van der Waals surface area contributed by atoms with Crippen molar-refractivity contribution >= 4 is 16.0 Å². The summed E-state index contributed by atoms with van der Waals surface area (Å²) in [6, 6.07) is 24.8. The first-order valence-corrected chi connectivity index (χ1v) is 15.7. The van der Waals surface area contributed by atoms with E-state index < -0.39 is 15.6 Å². The van der Waals surface area contributed by atoms with Crippen molar-refractivity contribution in [1.29, 1.82) is 0 Å². The smallest absolute Gasteiger partial charge is 0.337 e. The molecule has 0 spiro atoms. The normalized spacial score (nSPS) is 15.8. The standard InChI is InChI=1S/C33H41N3O4S/c1-6-21-36-29(23-24-13-9-8-10-14-24)31(32(37)40-7-2)28(34-36)22-25-17-19-26(20-18-25)27-15-11-12-16-30(27)41(38,39)35-33(3,4)5/h8-20,28,34-35H,6-7,21-23H2,1-5H3. The predicted octanol–water partition coefficient (Wildman–Crippen LogP) is 5.63. The van der Waals surface area contributed by atoms with Crippen LogP contribution in [0.25, 0.3) is 11.1 Å². The number of ether oxygens (including phenoxy) is 1. The van der Waals surface area contributed by atoms with Crippen LogP contribution in [0.2, 0.25) is 0 Å². The molecule has 0 saturated heterocycles. The zero-order chi connectivity index (χ0) is 29.6. The van der Waals surface area contributed by atoms with Crippen molar-refractivity contribution in [2.75, 3.05) is 13.2 Å². The summed E-state index contributed by atoms with van der Waals surface area (Å²) in [6.45, 7) is 10.5. The van der Waals surface area contributed by atoms with E-state index in [-0.39, 0.29) is 16.9 Å². The highest BCUT2D eigenvalue weighted by molar-refractivity contribution is 7.89. The van der Waals surface area contributed by atoms with Crippen molar-refractivity contribution in [3.8, 4) is 11.1 Å². The van der Waals surface area contributed by atoms with Crippen molar-refractivity contribution in [2.45, 2.75) is 70.4 Å². The van der Waals surface area contributed by atoms with E-state index in [1.54, 1.807) is 12.1 Å². The van der Waals surface area contributed by atoms with E-state index in [0.29, 0.717) is 30.6 Å². The maximum atomic E-state index is 13.3. The third-order valence-corrected chi connectivity index (χ3v) is 8.59. The lowest BCUT2D eigenvalue weighted by Gasteiger charge is -2.23. The highest BCUT2D eigenvalue weighted by Crippen LogP contribution is 2.31. The molecule has 1 atom stereocenters. The second kappa shape index (κ2) is 13.0. The Hall–Kier alpha value is -3.46. The number of nitrogens with one attached hydrogen (secondary N) is 2. The molecule has 1 aliphatic heterocycles. The summed E-state index contributed by atoms with van der Waals surface area (Å²) < 4.78 is 34.6. The lowest BCUT2D eigenvalue weighted by molar-refractivity contribution is -0.138. The number of rotatable bonds is 11. The van der Waals surface area contributed by atoms with Crippen LogP contribution in [0.3, 0.4) is 0 Å². The molecule has 0 radical (unpaired) electrons. The summed E-state index contributed by atoms with van der Waals surface area (Å²) in [6.07, 6.45) is 2.14. The van der Waals surface area contributed by atoms with Gasteiger partial charge in [0.15, 0.2) is 0 Å². The minimum atomic E-state index is -3.71. The monoisotopic (exact) mass is 575 g/mol. The molecule has 8 heteroatoms. The summed E-state index contributed by atoms with van der Waals surface area (Å²) in [5.74, 6) is -0.295. The number of hydrazine groups is 1. The van der Waals surface area contributed by atoms with Crippen LogP contribution in [0, 0.1) is 0 Å². The minimum absolute atomic E-state index is 0.242. The van der Waals surface area contributed by atoms with Gasteiger partial charge in [0.2, 0.25) is 10.0 Å². The molecule has 3 aromatic rings. The van der Waals surface area contributed by atoms with Crippen molar-refractivity contribution in [2.24, 2.45) is 0 Å². The van der Waals surface area contributed by atoms with Crippen LogP contribution in [0.15, 0.2) is 95.0 Å². The number of hydrogen-bond acceptors (Lipinski definition) is 6.